The number of carbonyl (C=O) groups excluding carboxylic acids is 1. The number of fused-ring (bicyclic) bond motifs is 1. The summed E-state index contributed by atoms with van der Waals surface area (Å²) in [4.78, 5) is 47.9. The number of thiophene rings is 1. The monoisotopic (exact) mass is 485 g/mol. The lowest BCUT2D eigenvalue weighted by atomic mass is 10.1. The molecule has 0 aliphatic rings. The number of terminal acetylenes is 1. The quantitative estimate of drug-likeness (QED) is 0.212. The summed E-state index contributed by atoms with van der Waals surface area (Å²) in [6.07, 6.45) is 7.26. The Morgan fingerprint density at radius 3 is 2.71 bits per heavy atom. The van der Waals surface area contributed by atoms with Crippen molar-refractivity contribution in [3.05, 3.63) is 28.8 Å². The summed E-state index contributed by atoms with van der Waals surface area (Å²) < 4.78 is 0. The number of rotatable bonds is 11. The van der Waals surface area contributed by atoms with Gasteiger partial charge in [0.25, 0.3) is 5.91 Å². The van der Waals surface area contributed by atoms with Crippen molar-refractivity contribution in [3.8, 4) is 12.3 Å². The average molecular weight is 486 g/mol. The van der Waals surface area contributed by atoms with Gasteiger partial charge in [-0.25, -0.2) is 4.79 Å². The van der Waals surface area contributed by atoms with Gasteiger partial charge in [0.2, 0.25) is 5.95 Å². The standard InChI is InChI=1S/C21H23N7O5S/c1-2-8-28(9-7-11-10-24-18-16(11)17(22)26-21(23)27-18)14-5-4-13(34-14)19(31)25-12(20(32)33)3-6-15(29)30/h1,4-5,10,12H,3,6-9H2,(H,25,31)(H,29,30)(H,32,33)(H5,22,23,24,26,27)/t12-/m0/s1. The summed E-state index contributed by atoms with van der Waals surface area (Å²) in [6.45, 7) is 0.776. The summed E-state index contributed by atoms with van der Waals surface area (Å²) in [6, 6.07) is 1.98. The van der Waals surface area contributed by atoms with Crippen LogP contribution in [0, 0.1) is 12.3 Å². The van der Waals surface area contributed by atoms with Crippen LogP contribution in [0.2, 0.25) is 0 Å². The van der Waals surface area contributed by atoms with Gasteiger partial charge in [-0.1, -0.05) is 5.92 Å². The molecule has 0 aromatic carbocycles. The van der Waals surface area contributed by atoms with Gasteiger partial charge in [0, 0.05) is 19.2 Å². The van der Waals surface area contributed by atoms with E-state index in [0.717, 1.165) is 16.9 Å². The maximum Gasteiger partial charge on any atom is 0.326 e. The summed E-state index contributed by atoms with van der Waals surface area (Å²) >= 11 is 1.15. The van der Waals surface area contributed by atoms with E-state index >= 15 is 0 Å². The number of amides is 1. The largest absolute Gasteiger partial charge is 0.481 e. The van der Waals surface area contributed by atoms with Crippen molar-refractivity contribution < 1.29 is 24.6 Å². The van der Waals surface area contributed by atoms with Crippen molar-refractivity contribution in [2.75, 3.05) is 29.5 Å². The van der Waals surface area contributed by atoms with E-state index in [1.165, 1.54) is 0 Å². The highest BCUT2D eigenvalue weighted by molar-refractivity contribution is 7.18. The Labute approximate surface area is 198 Å². The van der Waals surface area contributed by atoms with E-state index in [-0.39, 0.29) is 36.0 Å². The number of hydrogen-bond acceptors (Lipinski definition) is 9. The second-order valence-corrected chi connectivity index (χ2v) is 8.38. The number of carboxylic acid groups (broad SMARTS) is 2. The third kappa shape index (κ3) is 5.73. The molecule has 12 nitrogen and oxygen atoms in total. The molecule has 0 fully saturated rings. The van der Waals surface area contributed by atoms with Crippen molar-refractivity contribution in [1.29, 1.82) is 0 Å². The molecular weight excluding hydrogens is 462 g/mol. The lowest BCUT2D eigenvalue weighted by Crippen LogP contribution is -2.40. The highest BCUT2D eigenvalue weighted by atomic mass is 32.1. The SMILES string of the molecule is C#CCN(CCc1c[nH]c2nc(N)nc(N)c12)c1ccc(C(=O)N[C@@H](CCC(=O)O)C(=O)O)s1. The van der Waals surface area contributed by atoms with Crippen LogP contribution in [0.15, 0.2) is 18.3 Å². The third-order valence-electron chi connectivity index (χ3n) is 4.97. The second-order valence-electron chi connectivity index (χ2n) is 7.31. The van der Waals surface area contributed by atoms with Gasteiger partial charge in [-0.2, -0.15) is 9.97 Å². The van der Waals surface area contributed by atoms with Gasteiger partial charge < -0.3 is 36.9 Å². The molecule has 0 spiro atoms. The van der Waals surface area contributed by atoms with Gasteiger partial charge in [0.15, 0.2) is 0 Å². The first kappa shape index (κ1) is 24.3. The Hall–Kier alpha value is -4.31. The zero-order valence-corrected chi connectivity index (χ0v) is 18.8. The molecule has 3 aromatic rings. The van der Waals surface area contributed by atoms with E-state index < -0.39 is 23.9 Å². The number of carbonyl (C=O) groups is 3. The first-order chi connectivity index (χ1) is 16.2. The summed E-state index contributed by atoms with van der Waals surface area (Å²) in [5.74, 6) is -0.112. The van der Waals surface area contributed by atoms with Crippen LogP contribution in [0.25, 0.3) is 11.0 Å². The van der Waals surface area contributed by atoms with Gasteiger partial charge in [-0.3, -0.25) is 9.59 Å². The topological polar surface area (TPSA) is 201 Å². The number of aromatic amines is 1. The minimum atomic E-state index is -1.31. The summed E-state index contributed by atoms with van der Waals surface area (Å²) in [5.41, 5.74) is 13.1. The van der Waals surface area contributed by atoms with Gasteiger partial charge in [0.05, 0.1) is 21.8 Å². The van der Waals surface area contributed by atoms with Crippen molar-refractivity contribution in [1.82, 2.24) is 20.3 Å². The van der Waals surface area contributed by atoms with Crippen molar-refractivity contribution in [2.24, 2.45) is 0 Å². The zero-order valence-electron chi connectivity index (χ0n) is 17.9. The van der Waals surface area contributed by atoms with Crippen LogP contribution in [0.5, 0.6) is 0 Å². The van der Waals surface area contributed by atoms with Crippen LogP contribution in [-0.2, 0) is 16.0 Å². The fourth-order valence-electron chi connectivity index (χ4n) is 3.35. The van der Waals surface area contributed by atoms with E-state index in [9.17, 15) is 19.5 Å². The van der Waals surface area contributed by atoms with Crippen LogP contribution in [0.4, 0.5) is 16.8 Å². The van der Waals surface area contributed by atoms with Crippen molar-refractivity contribution >= 4 is 57.0 Å². The number of nitrogens with zero attached hydrogens (tertiary/aromatic N) is 3. The highest BCUT2D eigenvalue weighted by Gasteiger charge is 2.23. The van der Waals surface area contributed by atoms with E-state index in [0.29, 0.717) is 29.0 Å². The molecule has 3 heterocycles. The molecule has 0 radical (unpaired) electrons. The molecule has 0 bridgehead atoms. The molecule has 0 saturated carbocycles. The number of aromatic nitrogens is 3. The van der Waals surface area contributed by atoms with Gasteiger partial charge in [-0.15, -0.1) is 17.8 Å². The molecule has 1 amide bonds. The average Bonchev–Trinajstić information content (AvgIpc) is 3.41. The smallest absolute Gasteiger partial charge is 0.326 e. The Bertz CT molecular complexity index is 1260. The lowest BCUT2D eigenvalue weighted by molar-refractivity contribution is -0.140. The fourth-order valence-corrected chi connectivity index (χ4v) is 4.28. The van der Waals surface area contributed by atoms with E-state index in [4.69, 9.17) is 23.0 Å². The summed E-state index contributed by atoms with van der Waals surface area (Å²) in [7, 11) is 0. The summed E-state index contributed by atoms with van der Waals surface area (Å²) in [5, 5.41) is 21.8. The van der Waals surface area contributed by atoms with Crippen LogP contribution in [-0.4, -0.2) is 62.1 Å². The van der Waals surface area contributed by atoms with Crippen LogP contribution < -0.4 is 21.7 Å². The molecule has 3 aromatic heterocycles. The van der Waals surface area contributed by atoms with Crippen molar-refractivity contribution in [3.63, 3.8) is 0 Å². The number of nitrogen functional groups attached to an aromatic ring is 2. The van der Waals surface area contributed by atoms with E-state index in [1.807, 2.05) is 4.90 Å². The molecular formula is C21H23N7O5S. The number of carboxylic acids is 2. The molecule has 3 rings (SSSR count). The number of nitrogens with two attached hydrogens (primary N) is 2. The molecule has 178 valence electrons. The second kappa shape index (κ2) is 10.5. The van der Waals surface area contributed by atoms with Crippen LogP contribution in [0.1, 0.15) is 28.1 Å². The van der Waals surface area contributed by atoms with Gasteiger partial charge >= 0.3 is 11.9 Å². The molecule has 0 aliphatic heterocycles. The molecule has 8 N–H and O–H groups in total. The maximum atomic E-state index is 12.5. The number of aliphatic carboxylic acids is 2. The van der Waals surface area contributed by atoms with Gasteiger partial charge in [0.1, 0.15) is 17.5 Å². The lowest BCUT2D eigenvalue weighted by Gasteiger charge is -2.20. The number of H-pyrrole nitrogens is 1. The molecule has 1 atom stereocenters. The Morgan fingerprint density at radius 1 is 1.26 bits per heavy atom. The number of nitrogens with one attached hydrogen (secondary N) is 2. The minimum absolute atomic E-state index is 0.0739. The van der Waals surface area contributed by atoms with E-state index in [1.54, 1.807) is 18.3 Å². The first-order valence-electron chi connectivity index (χ1n) is 10.1. The molecule has 0 saturated heterocycles. The predicted molar refractivity (Wildman–Crippen MR) is 128 cm³/mol. The predicted octanol–water partition coefficient (Wildman–Crippen LogP) is 0.914. The van der Waals surface area contributed by atoms with Crippen LogP contribution >= 0.6 is 11.3 Å². The third-order valence-corrected chi connectivity index (χ3v) is 6.11. The minimum Gasteiger partial charge on any atom is -0.481 e. The van der Waals surface area contributed by atoms with Gasteiger partial charge in [-0.05, 0) is 30.5 Å². The fraction of sp³-hybridized carbons (Fsp3) is 0.286. The highest BCUT2D eigenvalue weighted by Crippen LogP contribution is 2.28. The van der Waals surface area contributed by atoms with Crippen molar-refractivity contribution in [2.45, 2.75) is 25.3 Å². The Balaban J connectivity index is 1.71. The Morgan fingerprint density at radius 2 is 2.03 bits per heavy atom. The molecule has 0 aliphatic carbocycles. The van der Waals surface area contributed by atoms with E-state index in [2.05, 4.69) is 26.2 Å². The number of hydrogen-bond donors (Lipinski definition) is 6. The molecule has 0 unspecified atom stereocenters. The molecule has 34 heavy (non-hydrogen) atoms. The maximum absolute atomic E-state index is 12.5. The molecule has 13 heteroatoms. The first-order valence-corrected chi connectivity index (χ1v) is 10.9. The number of anilines is 3. The zero-order chi connectivity index (χ0) is 24.8. The normalized spacial score (nSPS) is 11.6. The van der Waals surface area contributed by atoms with Crippen LogP contribution in [0.3, 0.4) is 0 Å². The Kier molecular flexibility index (Phi) is 7.54.